The highest BCUT2D eigenvalue weighted by molar-refractivity contribution is 6.16. The van der Waals surface area contributed by atoms with E-state index < -0.39 is 23.5 Å². The SMILES string of the molecule is CCOc1ccc(C2C(C(=O)c3cc4ccccc4o3)=C(O)C(=O)N2Cc2cccnc2)cc1OC. The minimum atomic E-state index is -0.886. The maximum absolute atomic E-state index is 13.7. The van der Waals surface area contributed by atoms with Crippen molar-refractivity contribution in [2.45, 2.75) is 19.5 Å². The molecule has 3 heterocycles. The van der Waals surface area contributed by atoms with Crippen molar-refractivity contribution in [2.75, 3.05) is 13.7 Å². The van der Waals surface area contributed by atoms with Crippen molar-refractivity contribution in [2.24, 2.45) is 0 Å². The quantitative estimate of drug-likeness (QED) is 0.351. The molecule has 1 aliphatic heterocycles. The number of carbonyl (C=O) groups is 2. The van der Waals surface area contributed by atoms with Gasteiger partial charge in [-0.25, -0.2) is 0 Å². The molecule has 1 N–H and O–H groups in total. The van der Waals surface area contributed by atoms with Crippen molar-refractivity contribution in [3.05, 3.63) is 101 Å². The summed E-state index contributed by atoms with van der Waals surface area (Å²) in [5.74, 6) is -0.811. The van der Waals surface area contributed by atoms with Crippen molar-refractivity contribution in [3.8, 4) is 11.5 Å². The van der Waals surface area contributed by atoms with Crippen LogP contribution in [-0.2, 0) is 11.3 Å². The van der Waals surface area contributed by atoms with Crippen LogP contribution in [-0.4, -0.2) is 40.4 Å². The van der Waals surface area contributed by atoms with Crippen LogP contribution < -0.4 is 9.47 Å². The molecule has 5 rings (SSSR count). The van der Waals surface area contributed by atoms with Crippen LogP contribution >= 0.6 is 0 Å². The van der Waals surface area contributed by atoms with Crippen molar-refractivity contribution in [1.29, 1.82) is 0 Å². The number of furan rings is 1. The number of pyridine rings is 1. The molecular weight excluding hydrogens is 460 g/mol. The monoisotopic (exact) mass is 484 g/mol. The van der Waals surface area contributed by atoms with Crippen LogP contribution in [0.2, 0.25) is 0 Å². The van der Waals surface area contributed by atoms with Gasteiger partial charge in [0.1, 0.15) is 5.58 Å². The summed E-state index contributed by atoms with van der Waals surface area (Å²) in [4.78, 5) is 32.6. The molecule has 2 aromatic heterocycles. The predicted molar refractivity (Wildman–Crippen MR) is 132 cm³/mol. The number of amides is 1. The smallest absolute Gasteiger partial charge is 0.290 e. The number of aliphatic hydroxyl groups excluding tert-OH is 1. The molecule has 0 saturated heterocycles. The Hall–Kier alpha value is -4.59. The lowest BCUT2D eigenvalue weighted by Gasteiger charge is -2.27. The van der Waals surface area contributed by atoms with Gasteiger partial charge in [-0.1, -0.05) is 30.3 Å². The number of hydrogen-bond acceptors (Lipinski definition) is 7. The van der Waals surface area contributed by atoms with Crippen LogP contribution in [0.4, 0.5) is 0 Å². The Kier molecular flexibility index (Phi) is 6.16. The molecule has 1 atom stereocenters. The van der Waals surface area contributed by atoms with Gasteiger partial charge in [0.2, 0.25) is 5.78 Å². The Labute approximate surface area is 207 Å². The molecule has 1 aliphatic rings. The molecule has 0 spiro atoms. The summed E-state index contributed by atoms with van der Waals surface area (Å²) in [5, 5.41) is 11.7. The molecular formula is C28H24N2O6. The van der Waals surface area contributed by atoms with Crippen LogP contribution in [0.25, 0.3) is 11.0 Å². The zero-order chi connectivity index (χ0) is 25.2. The number of nitrogens with zero attached hydrogens (tertiary/aromatic N) is 2. The lowest BCUT2D eigenvalue weighted by molar-refractivity contribution is -0.130. The largest absolute Gasteiger partial charge is 0.503 e. The Balaban J connectivity index is 1.62. The number of Topliss-reactive ketones (excluding diaryl/α,β-unsaturated/α-hetero) is 1. The molecule has 0 saturated carbocycles. The number of aromatic nitrogens is 1. The number of aliphatic hydroxyl groups is 1. The molecule has 182 valence electrons. The topological polar surface area (TPSA) is 102 Å². The predicted octanol–water partition coefficient (Wildman–Crippen LogP) is 5.01. The van der Waals surface area contributed by atoms with E-state index in [0.717, 1.165) is 10.9 Å². The standard InChI is InChI=1S/C28H24N2O6/c1-3-35-21-11-10-19(14-22(21)34-2)25-24(26(31)23-13-18-8-4-5-9-20(18)36-23)27(32)28(33)30(25)16-17-7-6-12-29-15-17/h4-15,25,32H,3,16H2,1-2H3. The minimum absolute atomic E-state index is 0.0386. The summed E-state index contributed by atoms with van der Waals surface area (Å²) < 4.78 is 16.9. The number of hydrogen-bond donors (Lipinski definition) is 1. The molecule has 1 unspecified atom stereocenters. The highest BCUT2D eigenvalue weighted by Gasteiger charge is 2.44. The van der Waals surface area contributed by atoms with Crippen molar-refractivity contribution in [3.63, 3.8) is 0 Å². The van der Waals surface area contributed by atoms with Gasteiger partial charge < -0.3 is 23.9 Å². The van der Waals surface area contributed by atoms with Crippen molar-refractivity contribution in [1.82, 2.24) is 9.88 Å². The third-order valence-corrected chi connectivity index (χ3v) is 6.08. The normalized spacial score (nSPS) is 15.6. The molecule has 0 bridgehead atoms. The van der Waals surface area contributed by atoms with Gasteiger partial charge in [-0.05, 0) is 48.4 Å². The molecule has 8 nitrogen and oxygen atoms in total. The van der Waals surface area contributed by atoms with Gasteiger partial charge >= 0.3 is 0 Å². The molecule has 0 aliphatic carbocycles. The average Bonchev–Trinajstić information content (AvgIpc) is 3.44. The Morgan fingerprint density at radius 2 is 1.94 bits per heavy atom. The van der Waals surface area contributed by atoms with E-state index in [-0.39, 0.29) is 17.9 Å². The third kappa shape index (κ3) is 4.07. The minimum Gasteiger partial charge on any atom is -0.503 e. The summed E-state index contributed by atoms with van der Waals surface area (Å²) in [5.41, 5.74) is 1.81. The Morgan fingerprint density at radius 1 is 1.11 bits per heavy atom. The number of ether oxygens (including phenoxy) is 2. The van der Waals surface area contributed by atoms with Crippen molar-refractivity contribution >= 4 is 22.7 Å². The summed E-state index contributed by atoms with van der Waals surface area (Å²) in [6.07, 6.45) is 3.27. The molecule has 8 heteroatoms. The average molecular weight is 485 g/mol. The van der Waals surface area contributed by atoms with Gasteiger partial charge in [-0.15, -0.1) is 0 Å². The van der Waals surface area contributed by atoms with Gasteiger partial charge in [0.05, 0.1) is 25.3 Å². The van der Waals surface area contributed by atoms with E-state index >= 15 is 0 Å². The van der Waals surface area contributed by atoms with E-state index in [2.05, 4.69) is 4.98 Å². The number of fused-ring (bicyclic) bond motifs is 1. The van der Waals surface area contributed by atoms with Gasteiger partial charge in [-0.2, -0.15) is 0 Å². The second kappa shape index (κ2) is 9.58. The lowest BCUT2D eigenvalue weighted by atomic mass is 9.94. The van der Waals surface area contributed by atoms with E-state index in [1.54, 1.807) is 54.9 Å². The Morgan fingerprint density at radius 3 is 2.67 bits per heavy atom. The second-order valence-electron chi connectivity index (χ2n) is 8.28. The molecule has 2 aromatic carbocycles. The number of para-hydroxylation sites is 1. The maximum Gasteiger partial charge on any atom is 0.290 e. The van der Waals surface area contributed by atoms with Crippen LogP contribution in [0.1, 0.15) is 34.6 Å². The maximum atomic E-state index is 13.7. The molecule has 0 radical (unpaired) electrons. The number of carbonyl (C=O) groups excluding carboxylic acids is 2. The fourth-order valence-corrected chi connectivity index (χ4v) is 4.44. The van der Waals surface area contributed by atoms with Crippen LogP contribution in [0, 0.1) is 0 Å². The van der Waals surface area contributed by atoms with E-state index in [1.165, 1.54) is 12.0 Å². The molecule has 4 aromatic rings. The summed E-state index contributed by atoms with van der Waals surface area (Å²) in [6, 6.07) is 16.7. The fourth-order valence-electron chi connectivity index (χ4n) is 4.44. The molecule has 36 heavy (non-hydrogen) atoms. The number of methoxy groups -OCH3 is 1. The molecule has 1 amide bonds. The van der Waals surface area contributed by atoms with Crippen LogP contribution in [0.15, 0.2) is 88.8 Å². The fraction of sp³-hybridized carbons (Fsp3) is 0.179. The second-order valence-corrected chi connectivity index (χ2v) is 8.28. The number of benzene rings is 2. The van der Waals surface area contributed by atoms with Gasteiger partial charge in [-0.3, -0.25) is 14.6 Å². The number of ketones is 1. The summed E-state index contributed by atoms with van der Waals surface area (Å²) in [6.45, 7) is 2.44. The van der Waals surface area contributed by atoms with E-state index in [9.17, 15) is 14.7 Å². The zero-order valence-electron chi connectivity index (χ0n) is 19.8. The van der Waals surface area contributed by atoms with Gasteiger partial charge in [0, 0.05) is 24.3 Å². The summed E-state index contributed by atoms with van der Waals surface area (Å²) >= 11 is 0. The zero-order valence-corrected chi connectivity index (χ0v) is 19.8. The number of rotatable bonds is 8. The third-order valence-electron chi connectivity index (χ3n) is 6.08. The first kappa shape index (κ1) is 23.2. The lowest BCUT2D eigenvalue weighted by Crippen LogP contribution is -2.30. The highest BCUT2D eigenvalue weighted by atomic mass is 16.5. The van der Waals surface area contributed by atoms with E-state index in [0.29, 0.717) is 29.3 Å². The van der Waals surface area contributed by atoms with Crippen LogP contribution in [0.3, 0.4) is 0 Å². The van der Waals surface area contributed by atoms with Gasteiger partial charge in [0.25, 0.3) is 5.91 Å². The molecule has 0 fully saturated rings. The first-order chi connectivity index (χ1) is 17.5. The van der Waals surface area contributed by atoms with E-state index in [4.69, 9.17) is 13.9 Å². The van der Waals surface area contributed by atoms with E-state index in [1.807, 2.05) is 25.1 Å². The van der Waals surface area contributed by atoms with Gasteiger partial charge in [0.15, 0.2) is 23.0 Å². The summed E-state index contributed by atoms with van der Waals surface area (Å²) in [7, 11) is 1.52. The highest BCUT2D eigenvalue weighted by Crippen LogP contribution is 2.42. The van der Waals surface area contributed by atoms with Crippen molar-refractivity contribution < 1.29 is 28.6 Å². The van der Waals surface area contributed by atoms with Crippen LogP contribution in [0.5, 0.6) is 11.5 Å². The first-order valence-electron chi connectivity index (χ1n) is 11.5. The first-order valence-corrected chi connectivity index (χ1v) is 11.5. The Bertz CT molecular complexity index is 1440.